The minimum absolute atomic E-state index is 0.658. The number of aromatic nitrogens is 2. The Hall–Kier alpha value is -2.21. The van der Waals surface area contributed by atoms with Crippen LogP contribution in [0.1, 0.15) is 5.69 Å². The van der Waals surface area contributed by atoms with Gasteiger partial charge in [-0.3, -0.25) is 0 Å². The van der Waals surface area contributed by atoms with Crippen molar-refractivity contribution in [1.29, 1.82) is 5.26 Å². The van der Waals surface area contributed by atoms with Crippen LogP contribution in [0.15, 0.2) is 42.9 Å². The third-order valence-electron chi connectivity index (χ3n) is 2.58. The van der Waals surface area contributed by atoms with Crippen LogP contribution in [0.25, 0.3) is 11.1 Å². The second-order valence-electron chi connectivity index (χ2n) is 3.78. The summed E-state index contributed by atoms with van der Waals surface area (Å²) in [5.41, 5.74) is 2.84. The maximum atomic E-state index is 8.96. The van der Waals surface area contributed by atoms with Gasteiger partial charge in [-0.2, -0.15) is 9.83 Å². The summed E-state index contributed by atoms with van der Waals surface area (Å²) in [6.45, 7) is 0. The second kappa shape index (κ2) is 4.11. The van der Waals surface area contributed by atoms with Crippen LogP contribution in [-0.4, -0.2) is 0 Å². The van der Waals surface area contributed by atoms with Crippen molar-refractivity contribution >= 4 is 0 Å². The molecule has 0 bridgehead atoms. The number of pyridine rings is 2. The van der Waals surface area contributed by atoms with Gasteiger partial charge >= 0.3 is 0 Å². The van der Waals surface area contributed by atoms with Crippen molar-refractivity contribution in [2.75, 3.05) is 0 Å². The van der Waals surface area contributed by atoms with E-state index in [1.165, 1.54) is 0 Å². The third kappa shape index (κ3) is 1.91. The molecule has 2 rings (SSSR count). The quantitative estimate of drug-likeness (QED) is 0.644. The van der Waals surface area contributed by atoms with Crippen molar-refractivity contribution in [2.45, 2.75) is 0 Å². The molecular formula is C13H13N3+2. The molecule has 0 saturated carbocycles. The highest BCUT2D eigenvalue weighted by atomic mass is 14.9. The molecule has 3 nitrogen and oxygen atoms in total. The summed E-state index contributed by atoms with van der Waals surface area (Å²) in [6, 6.07) is 10.2. The summed E-state index contributed by atoms with van der Waals surface area (Å²) in [5, 5.41) is 8.96. The van der Waals surface area contributed by atoms with Crippen LogP contribution in [0.4, 0.5) is 0 Å². The zero-order valence-corrected chi connectivity index (χ0v) is 9.38. The number of nitriles is 1. The van der Waals surface area contributed by atoms with E-state index < -0.39 is 0 Å². The Kier molecular flexibility index (Phi) is 2.65. The monoisotopic (exact) mass is 211 g/mol. The van der Waals surface area contributed by atoms with Crippen molar-refractivity contribution < 1.29 is 9.13 Å². The van der Waals surface area contributed by atoms with E-state index in [2.05, 4.69) is 6.07 Å². The lowest BCUT2D eigenvalue weighted by molar-refractivity contribution is -0.674. The van der Waals surface area contributed by atoms with E-state index in [1.807, 2.05) is 66.1 Å². The first-order valence-electron chi connectivity index (χ1n) is 5.06. The molecule has 0 amide bonds. The van der Waals surface area contributed by atoms with Gasteiger partial charge in [0.25, 0.3) is 5.69 Å². The highest BCUT2D eigenvalue weighted by Crippen LogP contribution is 2.16. The zero-order valence-electron chi connectivity index (χ0n) is 9.38. The van der Waals surface area contributed by atoms with E-state index in [1.54, 1.807) is 0 Å². The summed E-state index contributed by atoms with van der Waals surface area (Å²) in [6.07, 6.45) is 5.89. The lowest BCUT2D eigenvalue weighted by atomic mass is 10.1. The van der Waals surface area contributed by atoms with Crippen molar-refractivity contribution in [3.05, 3.63) is 48.5 Å². The van der Waals surface area contributed by atoms with E-state index in [4.69, 9.17) is 5.26 Å². The molecular weight excluding hydrogens is 198 g/mol. The van der Waals surface area contributed by atoms with Gasteiger partial charge in [-0.1, -0.05) is 0 Å². The number of aryl methyl sites for hydroxylation is 2. The number of hydrogen-bond donors (Lipinski definition) is 0. The lowest BCUT2D eigenvalue weighted by Crippen LogP contribution is -2.31. The first-order valence-corrected chi connectivity index (χ1v) is 5.06. The van der Waals surface area contributed by atoms with E-state index in [-0.39, 0.29) is 0 Å². The summed E-state index contributed by atoms with van der Waals surface area (Å²) in [7, 11) is 3.85. The summed E-state index contributed by atoms with van der Waals surface area (Å²) in [4.78, 5) is 0. The molecule has 0 unspecified atom stereocenters. The van der Waals surface area contributed by atoms with Crippen LogP contribution >= 0.6 is 0 Å². The molecule has 16 heavy (non-hydrogen) atoms. The van der Waals surface area contributed by atoms with Crippen molar-refractivity contribution in [3.63, 3.8) is 0 Å². The minimum Gasteiger partial charge on any atom is -0.208 e. The van der Waals surface area contributed by atoms with Gasteiger partial charge in [0.15, 0.2) is 24.7 Å². The Balaban J connectivity index is 2.49. The number of rotatable bonds is 1. The van der Waals surface area contributed by atoms with Crippen LogP contribution in [0.3, 0.4) is 0 Å². The van der Waals surface area contributed by atoms with E-state index in [9.17, 15) is 0 Å². The molecule has 0 saturated heterocycles. The molecule has 2 aromatic heterocycles. The first-order chi connectivity index (χ1) is 7.70. The highest BCUT2D eigenvalue weighted by molar-refractivity contribution is 5.62. The molecule has 0 aliphatic carbocycles. The maximum absolute atomic E-state index is 8.96. The second-order valence-corrected chi connectivity index (χ2v) is 3.78. The Labute approximate surface area is 94.8 Å². The number of hydrogen-bond acceptors (Lipinski definition) is 1. The molecule has 3 heteroatoms. The van der Waals surface area contributed by atoms with Gasteiger partial charge < -0.3 is 0 Å². The third-order valence-corrected chi connectivity index (χ3v) is 2.58. The highest BCUT2D eigenvalue weighted by Gasteiger charge is 2.08. The van der Waals surface area contributed by atoms with Crippen LogP contribution in [0, 0.1) is 11.3 Å². The van der Waals surface area contributed by atoms with Gasteiger partial charge in [-0.15, -0.1) is 0 Å². The fraction of sp³-hybridized carbons (Fsp3) is 0.154. The topological polar surface area (TPSA) is 31.5 Å². The summed E-state index contributed by atoms with van der Waals surface area (Å²) in [5.74, 6) is 0. The maximum Gasteiger partial charge on any atom is 0.283 e. The van der Waals surface area contributed by atoms with Gasteiger partial charge in [0, 0.05) is 24.3 Å². The predicted octanol–water partition coefficient (Wildman–Crippen LogP) is 0.874. The number of nitrogens with zero attached hydrogens (tertiary/aromatic N) is 3. The van der Waals surface area contributed by atoms with E-state index >= 15 is 0 Å². The van der Waals surface area contributed by atoms with Gasteiger partial charge in [-0.25, -0.2) is 4.57 Å². The lowest BCUT2D eigenvalue weighted by Gasteiger charge is -1.99. The average molecular weight is 211 g/mol. The Morgan fingerprint density at radius 2 is 1.62 bits per heavy atom. The predicted molar refractivity (Wildman–Crippen MR) is 58.9 cm³/mol. The smallest absolute Gasteiger partial charge is 0.208 e. The van der Waals surface area contributed by atoms with Gasteiger partial charge in [0.05, 0.1) is 0 Å². The fourth-order valence-electron chi connectivity index (χ4n) is 1.55. The largest absolute Gasteiger partial charge is 0.283 e. The Bertz CT molecular complexity index is 550. The molecule has 0 aliphatic heterocycles. The molecule has 0 N–H and O–H groups in total. The summed E-state index contributed by atoms with van der Waals surface area (Å²) >= 11 is 0. The Morgan fingerprint density at radius 1 is 1.00 bits per heavy atom. The van der Waals surface area contributed by atoms with Crippen LogP contribution in [0.2, 0.25) is 0 Å². The van der Waals surface area contributed by atoms with Crippen LogP contribution in [-0.2, 0) is 14.1 Å². The SMILES string of the molecule is C[n+]1ccc(-c2cc[n+](C)c(C#N)c2)cc1. The molecule has 0 spiro atoms. The average Bonchev–Trinajstić information content (AvgIpc) is 2.31. The fourth-order valence-corrected chi connectivity index (χ4v) is 1.55. The van der Waals surface area contributed by atoms with Crippen LogP contribution in [0.5, 0.6) is 0 Å². The molecule has 0 aliphatic rings. The van der Waals surface area contributed by atoms with Crippen LogP contribution < -0.4 is 9.13 Å². The Morgan fingerprint density at radius 3 is 2.25 bits per heavy atom. The molecule has 0 atom stereocenters. The van der Waals surface area contributed by atoms with Crippen molar-refractivity contribution in [1.82, 2.24) is 0 Å². The molecule has 0 aromatic carbocycles. The molecule has 2 aromatic rings. The van der Waals surface area contributed by atoms with Crippen molar-refractivity contribution in [2.24, 2.45) is 14.1 Å². The molecule has 78 valence electrons. The van der Waals surface area contributed by atoms with E-state index in [0.717, 1.165) is 11.1 Å². The normalized spacial score (nSPS) is 9.81. The first kappa shape index (κ1) is 10.3. The minimum atomic E-state index is 0.658. The van der Waals surface area contributed by atoms with Gasteiger partial charge in [0.2, 0.25) is 0 Å². The zero-order chi connectivity index (χ0) is 11.5. The van der Waals surface area contributed by atoms with E-state index in [0.29, 0.717) is 5.69 Å². The van der Waals surface area contributed by atoms with Crippen molar-refractivity contribution in [3.8, 4) is 17.2 Å². The molecule has 0 fully saturated rings. The molecule has 2 heterocycles. The standard InChI is InChI=1S/C13H13N3/c1-15-6-3-11(4-7-15)12-5-8-16(2)13(9-12)10-14/h3-9H,1-2H3/q+2. The van der Waals surface area contributed by atoms with Gasteiger partial charge in [-0.05, 0) is 11.1 Å². The molecule has 0 radical (unpaired) electrons. The summed E-state index contributed by atoms with van der Waals surface area (Å²) < 4.78 is 3.80. The van der Waals surface area contributed by atoms with Gasteiger partial charge in [0.1, 0.15) is 14.1 Å².